The molecule has 3 aromatic heterocycles. The molecule has 0 N–H and O–H groups in total. The fourth-order valence-corrected chi connectivity index (χ4v) is 5.90. The number of aryl methyl sites for hydroxylation is 1. The maximum absolute atomic E-state index is 11.5. The van der Waals surface area contributed by atoms with Gasteiger partial charge in [0.05, 0.1) is 41.6 Å². The molecule has 170 valence electrons. The van der Waals surface area contributed by atoms with E-state index in [0.29, 0.717) is 48.7 Å². The minimum absolute atomic E-state index is 0.0103. The second-order valence-electron chi connectivity index (χ2n) is 8.32. The molecule has 11 heteroatoms. The van der Waals surface area contributed by atoms with Gasteiger partial charge in [0, 0.05) is 55.8 Å². The molecule has 0 radical (unpaired) electrons. The van der Waals surface area contributed by atoms with Crippen molar-refractivity contribution < 1.29 is 22.6 Å². The molecule has 2 aliphatic heterocycles. The zero-order valence-electron chi connectivity index (χ0n) is 17.7. The predicted octanol–water partition coefficient (Wildman–Crippen LogP) is 2.46. The molecule has 32 heavy (non-hydrogen) atoms. The summed E-state index contributed by atoms with van der Waals surface area (Å²) in [6.45, 7) is 3.16. The van der Waals surface area contributed by atoms with Crippen LogP contribution in [0.1, 0.15) is 17.8 Å². The van der Waals surface area contributed by atoms with Gasteiger partial charge in [-0.1, -0.05) is 11.6 Å². The van der Waals surface area contributed by atoms with E-state index in [2.05, 4.69) is 10.1 Å². The molecule has 2 saturated heterocycles. The zero-order chi connectivity index (χ0) is 22.5. The van der Waals surface area contributed by atoms with E-state index in [0.717, 1.165) is 16.6 Å². The maximum atomic E-state index is 11.5. The Morgan fingerprint density at radius 1 is 1.31 bits per heavy atom. The minimum Gasteiger partial charge on any atom is -0.493 e. The van der Waals surface area contributed by atoms with Crippen molar-refractivity contribution in [2.24, 2.45) is 5.92 Å². The second kappa shape index (κ2) is 7.95. The van der Waals surface area contributed by atoms with Gasteiger partial charge in [-0.2, -0.15) is 5.10 Å². The normalized spacial score (nSPS) is 22.8. The van der Waals surface area contributed by atoms with Crippen LogP contribution in [0.4, 0.5) is 0 Å². The van der Waals surface area contributed by atoms with E-state index < -0.39 is 15.4 Å². The third kappa shape index (κ3) is 3.85. The molecule has 9 nitrogen and oxygen atoms in total. The molecule has 0 unspecified atom stereocenters. The number of hydrogen-bond donors (Lipinski definition) is 0. The lowest BCUT2D eigenvalue weighted by Gasteiger charge is -2.27. The number of nitrogens with zero attached hydrogens (tertiary/aromatic N) is 4. The first-order valence-electron chi connectivity index (χ1n) is 10.3. The molecule has 0 amide bonds. The molecule has 0 bridgehead atoms. The van der Waals surface area contributed by atoms with Crippen molar-refractivity contribution in [2.45, 2.75) is 18.9 Å². The van der Waals surface area contributed by atoms with Crippen LogP contribution in [0, 0.1) is 12.8 Å². The molecule has 2 fully saturated rings. The van der Waals surface area contributed by atoms with Gasteiger partial charge in [0.25, 0.3) is 0 Å². The first kappa shape index (κ1) is 21.6. The minimum atomic E-state index is -2.91. The number of methoxy groups -OCH3 is 1. The SMILES string of the molecule is CO[C@@]1(c2cc(OCC3CS(=O)(=O)C3)cc(-n3nc(C)c4cnc(Cl)cc43)n2)CCOC1. The second-order valence-corrected chi connectivity index (χ2v) is 10.9. The van der Waals surface area contributed by atoms with Crippen LogP contribution in [-0.2, 0) is 24.9 Å². The van der Waals surface area contributed by atoms with E-state index in [1.807, 2.05) is 13.0 Å². The Balaban J connectivity index is 1.57. The first-order valence-corrected chi connectivity index (χ1v) is 12.5. The molecule has 3 aromatic rings. The van der Waals surface area contributed by atoms with Gasteiger partial charge in [-0.25, -0.2) is 23.1 Å². The van der Waals surface area contributed by atoms with Crippen molar-refractivity contribution in [1.82, 2.24) is 19.7 Å². The number of sulfone groups is 1. The molecule has 1 atom stereocenters. The molecule has 0 saturated carbocycles. The van der Waals surface area contributed by atoms with Gasteiger partial charge in [0.1, 0.15) is 16.5 Å². The smallest absolute Gasteiger partial charge is 0.158 e. The molecular formula is C21H23ClN4O5S. The molecule has 0 spiro atoms. The lowest BCUT2D eigenvalue weighted by Crippen LogP contribution is -2.40. The Morgan fingerprint density at radius 2 is 2.12 bits per heavy atom. The van der Waals surface area contributed by atoms with E-state index in [1.165, 1.54) is 0 Å². The zero-order valence-corrected chi connectivity index (χ0v) is 19.3. The van der Waals surface area contributed by atoms with Crippen molar-refractivity contribution >= 4 is 32.3 Å². The van der Waals surface area contributed by atoms with Crippen molar-refractivity contribution in [3.05, 3.63) is 40.9 Å². The molecule has 5 heterocycles. The van der Waals surface area contributed by atoms with Gasteiger partial charge in [0.2, 0.25) is 0 Å². The van der Waals surface area contributed by atoms with Crippen LogP contribution < -0.4 is 4.74 Å². The first-order chi connectivity index (χ1) is 15.3. The summed E-state index contributed by atoms with van der Waals surface area (Å²) < 4.78 is 42.2. The van der Waals surface area contributed by atoms with E-state index in [1.54, 1.807) is 30.1 Å². The lowest BCUT2D eigenvalue weighted by atomic mass is 9.97. The summed E-state index contributed by atoms with van der Waals surface area (Å²) in [4.78, 5) is 9.02. The van der Waals surface area contributed by atoms with E-state index >= 15 is 0 Å². The highest BCUT2D eigenvalue weighted by atomic mass is 35.5. The molecule has 0 aliphatic carbocycles. The fraction of sp³-hybridized carbons (Fsp3) is 0.476. The Bertz CT molecular complexity index is 1270. The average Bonchev–Trinajstić information content (AvgIpc) is 3.36. The number of fused-ring (bicyclic) bond motifs is 1. The Labute approximate surface area is 190 Å². The summed E-state index contributed by atoms with van der Waals surface area (Å²) in [5.74, 6) is 1.41. The Kier molecular flexibility index (Phi) is 5.36. The summed E-state index contributed by atoms with van der Waals surface area (Å²) in [5, 5.41) is 5.88. The topological polar surface area (TPSA) is 105 Å². The van der Waals surface area contributed by atoms with E-state index in [-0.39, 0.29) is 17.4 Å². The standard InChI is InChI=1S/C21H23ClN4O5S/c1-13-16-8-23-19(22)7-17(16)26(25-13)20-6-15(31-9-14-10-32(27,28)11-14)5-18(24-20)21(29-2)3-4-30-12-21/h5-8,14H,3-4,9-12H2,1-2H3/t21-/m0/s1. The van der Waals surface area contributed by atoms with Crippen LogP contribution in [0.5, 0.6) is 5.75 Å². The van der Waals surface area contributed by atoms with Crippen molar-refractivity contribution in [1.29, 1.82) is 0 Å². The average molecular weight is 479 g/mol. The molecule has 5 rings (SSSR count). The lowest BCUT2D eigenvalue weighted by molar-refractivity contribution is -0.0247. The Hall–Kier alpha value is -2.27. The number of pyridine rings is 2. The summed E-state index contributed by atoms with van der Waals surface area (Å²) >= 11 is 6.15. The summed E-state index contributed by atoms with van der Waals surface area (Å²) in [7, 11) is -1.27. The van der Waals surface area contributed by atoms with Gasteiger partial charge in [0.15, 0.2) is 15.7 Å². The van der Waals surface area contributed by atoms with Crippen LogP contribution in [-0.4, -0.2) is 66.6 Å². The summed E-state index contributed by atoms with van der Waals surface area (Å²) in [6, 6.07) is 5.37. The van der Waals surface area contributed by atoms with E-state index in [9.17, 15) is 8.42 Å². The van der Waals surface area contributed by atoms with Gasteiger partial charge >= 0.3 is 0 Å². The van der Waals surface area contributed by atoms with Crippen molar-refractivity contribution in [2.75, 3.05) is 38.4 Å². The highest BCUT2D eigenvalue weighted by Crippen LogP contribution is 2.36. The van der Waals surface area contributed by atoms with Gasteiger partial charge < -0.3 is 14.2 Å². The third-order valence-corrected chi connectivity index (χ3v) is 8.19. The van der Waals surface area contributed by atoms with Crippen molar-refractivity contribution in [3.8, 4) is 11.6 Å². The van der Waals surface area contributed by atoms with E-state index in [4.69, 9.17) is 30.8 Å². The molecular weight excluding hydrogens is 456 g/mol. The van der Waals surface area contributed by atoms with Gasteiger partial charge in [-0.3, -0.25) is 0 Å². The third-order valence-electron chi connectivity index (χ3n) is 6.03. The van der Waals surface area contributed by atoms with Crippen LogP contribution in [0.2, 0.25) is 5.15 Å². The van der Waals surface area contributed by atoms with Crippen LogP contribution >= 0.6 is 11.6 Å². The summed E-state index contributed by atoms with van der Waals surface area (Å²) in [5.41, 5.74) is 1.56. The monoisotopic (exact) mass is 478 g/mol. The number of rotatable bonds is 6. The van der Waals surface area contributed by atoms with Crippen molar-refractivity contribution in [3.63, 3.8) is 0 Å². The van der Waals surface area contributed by atoms with Crippen LogP contribution in [0.25, 0.3) is 16.7 Å². The summed E-state index contributed by atoms with van der Waals surface area (Å²) in [6.07, 6.45) is 2.35. The molecule has 2 aliphatic rings. The van der Waals surface area contributed by atoms with Crippen LogP contribution in [0.3, 0.4) is 0 Å². The fourth-order valence-electron chi connectivity index (χ4n) is 4.22. The largest absolute Gasteiger partial charge is 0.493 e. The number of halogens is 1. The predicted molar refractivity (Wildman–Crippen MR) is 118 cm³/mol. The highest BCUT2D eigenvalue weighted by molar-refractivity contribution is 7.92. The number of ether oxygens (including phenoxy) is 3. The highest BCUT2D eigenvalue weighted by Gasteiger charge is 2.39. The Morgan fingerprint density at radius 3 is 2.81 bits per heavy atom. The number of aromatic nitrogens is 4. The van der Waals surface area contributed by atoms with Gasteiger partial charge in [-0.05, 0) is 6.92 Å². The molecule has 0 aromatic carbocycles. The quantitative estimate of drug-likeness (QED) is 0.497. The van der Waals surface area contributed by atoms with Crippen LogP contribution in [0.15, 0.2) is 24.4 Å². The number of hydrogen-bond acceptors (Lipinski definition) is 8. The van der Waals surface area contributed by atoms with Gasteiger partial charge in [-0.15, -0.1) is 0 Å². The maximum Gasteiger partial charge on any atom is 0.158 e.